The molecule has 1 saturated carbocycles. The van der Waals surface area contributed by atoms with Gasteiger partial charge in [-0.15, -0.1) is 0 Å². The minimum absolute atomic E-state index is 0.348. The Morgan fingerprint density at radius 1 is 1.45 bits per heavy atom. The Labute approximate surface area is 112 Å². The van der Waals surface area contributed by atoms with E-state index < -0.39 is 42.3 Å². The lowest BCUT2D eigenvalue weighted by atomic mass is 9.85. The van der Waals surface area contributed by atoms with Crippen molar-refractivity contribution >= 4 is 12.0 Å². The third kappa shape index (κ3) is 3.51. The summed E-state index contributed by atoms with van der Waals surface area (Å²) in [5.74, 6) is -5.42. The zero-order chi connectivity index (χ0) is 15.6. The van der Waals surface area contributed by atoms with Crippen LogP contribution in [0.5, 0.6) is 0 Å². The number of carbonyl (C=O) groups is 2. The van der Waals surface area contributed by atoms with E-state index in [1.807, 2.05) is 0 Å². The molecule has 2 atom stereocenters. The number of rotatable bonds is 5. The van der Waals surface area contributed by atoms with Crippen molar-refractivity contribution in [1.82, 2.24) is 10.6 Å². The minimum atomic E-state index is -4.32. The van der Waals surface area contributed by atoms with Crippen molar-refractivity contribution in [3.63, 3.8) is 0 Å². The van der Waals surface area contributed by atoms with Crippen LogP contribution in [0.4, 0.5) is 22.4 Å². The van der Waals surface area contributed by atoms with Crippen LogP contribution in [0.1, 0.15) is 26.2 Å². The largest absolute Gasteiger partial charge is 0.481 e. The summed E-state index contributed by atoms with van der Waals surface area (Å²) in [7, 11) is 0. The number of carboxylic acids is 1. The molecule has 5 nitrogen and oxygen atoms in total. The van der Waals surface area contributed by atoms with Crippen LogP contribution >= 0.6 is 0 Å². The van der Waals surface area contributed by atoms with Crippen LogP contribution in [0, 0.1) is 5.41 Å². The van der Waals surface area contributed by atoms with Gasteiger partial charge in [-0.1, -0.05) is 6.42 Å². The molecule has 1 fully saturated rings. The average molecular weight is 300 g/mol. The monoisotopic (exact) mass is 300 g/mol. The molecule has 0 saturated heterocycles. The van der Waals surface area contributed by atoms with E-state index in [9.17, 15) is 27.2 Å². The summed E-state index contributed by atoms with van der Waals surface area (Å²) in [5.41, 5.74) is -1.18. The molecule has 1 rings (SSSR count). The van der Waals surface area contributed by atoms with E-state index in [4.69, 9.17) is 5.11 Å². The maximum atomic E-state index is 12.6. The van der Waals surface area contributed by atoms with Gasteiger partial charge in [0, 0.05) is 6.04 Å². The first kappa shape index (κ1) is 16.5. The number of amides is 2. The average Bonchev–Trinajstić information content (AvgIpc) is 2.70. The molecular formula is C11H16F4N2O3. The predicted molar refractivity (Wildman–Crippen MR) is 60.9 cm³/mol. The lowest BCUT2D eigenvalue weighted by Crippen LogP contribution is -2.52. The van der Waals surface area contributed by atoms with Crippen LogP contribution in [0.3, 0.4) is 0 Å². The van der Waals surface area contributed by atoms with Crippen molar-refractivity contribution in [3.05, 3.63) is 0 Å². The van der Waals surface area contributed by atoms with Gasteiger partial charge in [0.05, 0.1) is 12.0 Å². The van der Waals surface area contributed by atoms with Gasteiger partial charge in [-0.3, -0.25) is 4.79 Å². The van der Waals surface area contributed by atoms with Crippen molar-refractivity contribution in [2.24, 2.45) is 5.41 Å². The summed E-state index contributed by atoms with van der Waals surface area (Å²) in [4.78, 5) is 22.5. The highest BCUT2D eigenvalue weighted by atomic mass is 19.3. The molecule has 0 aromatic heterocycles. The predicted octanol–water partition coefficient (Wildman–Crippen LogP) is 1.83. The molecule has 0 radical (unpaired) electrons. The number of aliphatic carboxylic acids is 1. The lowest BCUT2D eigenvalue weighted by molar-refractivity contribution is -0.148. The van der Waals surface area contributed by atoms with Gasteiger partial charge in [-0.2, -0.15) is 8.78 Å². The van der Waals surface area contributed by atoms with Gasteiger partial charge in [0.25, 0.3) is 0 Å². The fourth-order valence-corrected chi connectivity index (χ4v) is 2.14. The number of alkyl halides is 4. The van der Waals surface area contributed by atoms with E-state index in [2.05, 4.69) is 5.32 Å². The highest BCUT2D eigenvalue weighted by Gasteiger charge is 2.46. The summed E-state index contributed by atoms with van der Waals surface area (Å²) < 4.78 is 49.0. The molecule has 1 aliphatic rings. The highest BCUT2D eigenvalue weighted by molar-refractivity contribution is 5.79. The van der Waals surface area contributed by atoms with Gasteiger partial charge >= 0.3 is 24.3 Å². The zero-order valence-electron chi connectivity index (χ0n) is 10.8. The SMILES string of the molecule is CC1(C(=O)O)CCCC1NC(=O)NCC(F)(F)C(F)F. The Balaban J connectivity index is 2.53. The van der Waals surface area contributed by atoms with Crippen molar-refractivity contribution in [2.45, 2.75) is 44.6 Å². The van der Waals surface area contributed by atoms with E-state index in [1.165, 1.54) is 6.92 Å². The topological polar surface area (TPSA) is 78.4 Å². The Bertz CT molecular complexity index is 392. The van der Waals surface area contributed by atoms with Crippen LogP contribution in [0.25, 0.3) is 0 Å². The van der Waals surface area contributed by atoms with E-state index in [0.29, 0.717) is 19.3 Å². The van der Waals surface area contributed by atoms with Gasteiger partial charge in [0.15, 0.2) is 0 Å². The summed E-state index contributed by atoms with van der Waals surface area (Å²) in [6.45, 7) is -0.0615. The summed E-state index contributed by atoms with van der Waals surface area (Å²) in [6, 6.07) is -1.80. The fraction of sp³-hybridized carbons (Fsp3) is 0.818. The lowest BCUT2D eigenvalue weighted by Gasteiger charge is -2.28. The molecule has 0 bridgehead atoms. The molecule has 2 unspecified atom stereocenters. The third-order valence-electron chi connectivity index (χ3n) is 3.56. The Kier molecular flexibility index (Phi) is 4.82. The first-order chi connectivity index (χ1) is 9.09. The number of urea groups is 1. The normalized spacial score (nSPS) is 26.6. The minimum Gasteiger partial charge on any atom is -0.481 e. The molecule has 0 heterocycles. The zero-order valence-corrected chi connectivity index (χ0v) is 10.8. The van der Waals surface area contributed by atoms with Crippen LogP contribution in [0.15, 0.2) is 0 Å². The number of carboxylic acid groups (broad SMARTS) is 1. The first-order valence-corrected chi connectivity index (χ1v) is 6.03. The fourth-order valence-electron chi connectivity index (χ4n) is 2.14. The van der Waals surface area contributed by atoms with E-state index in [0.717, 1.165) is 0 Å². The number of nitrogens with one attached hydrogen (secondary N) is 2. The molecule has 0 spiro atoms. The van der Waals surface area contributed by atoms with Gasteiger partial charge in [-0.05, 0) is 19.8 Å². The van der Waals surface area contributed by atoms with Crippen LogP contribution in [-0.4, -0.2) is 42.0 Å². The molecule has 20 heavy (non-hydrogen) atoms. The van der Waals surface area contributed by atoms with Gasteiger partial charge in [-0.25, -0.2) is 13.6 Å². The van der Waals surface area contributed by atoms with E-state index in [1.54, 1.807) is 5.32 Å². The molecule has 9 heteroatoms. The molecule has 0 aromatic carbocycles. The smallest absolute Gasteiger partial charge is 0.324 e. The van der Waals surface area contributed by atoms with Crippen molar-refractivity contribution in [3.8, 4) is 0 Å². The second-order valence-electron chi connectivity index (χ2n) is 5.06. The second kappa shape index (κ2) is 5.84. The molecule has 2 amide bonds. The number of halogens is 4. The van der Waals surface area contributed by atoms with Gasteiger partial charge < -0.3 is 15.7 Å². The third-order valence-corrected chi connectivity index (χ3v) is 3.56. The maximum absolute atomic E-state index is 12.6. The summed E-state index contributed by atoms with van der Waals surface area (Å²) in [5, 5.41) is 13.0. The van der Waals surface area contributed by atoms with Crippen LogP contribution < -0.4 is 10.6 Å². The van der Waals surface area contributed by atoms with Gasteiger partial charge in [0.2, 0.25) is 0 Å². The number of carbonyl (C=O) groups excluding carboxylic acids is 1. The first-order valence-electron chi connectivity index (χ1n) is 6.03. The number of hydrogen-bond donors (Lipinski definition) is 3. The number of hydrogen-bond acceptors (Lipinski definition) is 2. The van der Waals surface area contributed by atoms with Gasteiger partial charge in [0.1, 0.15) is 0 Å². The second-order valence-corrected chi connectivity index (χ2v) is 5.06. The highest BCUT2D eigenvalue weighted by Crippen LogP contribution is 2.38. The van der Waals surface area contributed by atoms with Crippen molar-refractivity contribution in [1.29, 1.82) is 0 Å². The Morgan fingerprint density at radius 3 is 2.55 bits per heavy atom. The molecule has 116 valence electrons. The van der Waals surface area contributed by atoms with E-state index in [-0.39, 0.29) is 0 Å². The molecule has 1 aliphatic carbocycles. The quantitative estimate of drug-likeness (QED) is 0.678. The molecule has 3 N–H and O–H groups in total. The standard InChI is InChI=1S/C11H16F4N2O3/c1-10(8(18)19)4-2-3-6(10)17-9(20)16-5-11(14,15)7(12)13/h6-7H,2-5H2,1H3,(H,18,19)(H2,16,17,20). The Morgan fingerprint density at radius 2 is 2.05 bits per heavy atom. The summed E-state index contributed by atoms with van der Waals surface area (Å²) in [6.07, 6.45) is -2.57. The maximum Gasteiger partial charge on any atom is 0.324 e. The van der Waals surface area contributed by atoms with Crippen molar-refractivity contribution in [2.75, 3.05) is 6.54 Å². The Hall–Kier alpha value is -1.54. The molecule has 0 aliphatic heterocycles. The van der Waals surface area contributed by atoms with E-state index >= 15 is 0 Å². The summed E-state index contributed by atoms with van der Waals surface area (Å²) >= 11 is 0. The molecular weight excluding hydrogens is 284 g/mol. The van der Waals surface area contributed by atoms with Crippen LogP contribution in [0.2, 0.25) is 0 Å². The molecule has 0 aromatic rings. The van der Waals surface area contributed by atoms with Crippen LogP contribution in [-0.2, 0) is 4.79 Å². The van der Waals surface area contributed by atoms with Crippen molar-refractivity contribution < 1.29 is 32.3 Å².